The molecule has 112 valence electrons. The van der Waals surface area contributed by atoms with E-state index in [9.17, 15) is 17.7 Å². The number of halogens is 3. The van der Waals surface area contributed by atoms with E-state index in [1.54, 1.807) is 0 Å². The third-order valence-electron chi connectivity index (χ3n) is 3.84. The lowest BCUT2D eigenvalue weighted by molar-refractivity contribution is -0.234. The summed E-state index contributed by atoms with van der Waals surface area (Å²) in [4.78, 5) is 0. The quantitative estimate of drug-likeness (QED) is 0.477. The number of nitrogens with zero attached hydrogens (tertiary/aromatic N) is 1. The van der Waals surface area contributed by atoms with E-state index in [1.807, 2.05) is 0 Å². The van der Waals surface area contributed by atoms with E-state index in [0.29, 0.717) is 5.71 Å². The topological polar surface area (TPSA) is 81.7 Å². The molecule has 1 saturated carbocycles. The minimum atomic E-state index is -4.38. The second-order valence-corrected chi connectivity index (χ2v) is 7.38. The molecule has 0 aromatic rings. The van der Waals surface area contributed by atoms with Gasteiger partial charge < -0.3 is 9.76 Å². The zero-order chi connectivity index (χ0) is 14.9. The monoisotopic (exact) mass is 300 g/mol. The van der Waals surface area contributed by atoms with Crippen LogP contribution in [0, 0.1) is 5.41 Å². The standard InChI is InChI=1S/C11H19F3N2O2S/c1-9(2,19(15)18)7-10(11(12,13)14)5-3-8(16-17)4-6-10/h17H,3-7,15H2,1-2H3. The van der Waals surface area contributed by atoms with E-state index in [2.05, 4.69) is 5.16 Å². The Morgan fingerprint density at radius 1 is 1.37 bits per heavy atom. The Kier molecular flexibility index (Phi) is 4.79. The maximum atomic E-state index is 13.4. The summed E-state index contributed by atoms with van der Waals surface area (Å²) in [6.07, 6.45) is -4.78. The Morgan fingerprint density at radius 2 is 1.84 bits per heavy atom. The average molecular weight is 300 g/mol. The van der Waals surface area contributed by atoms with Gasteiger partial charge in [-0.25, -0.2) is 0 Å². The number of alkyl halides is 3. The number of rotatable bonds is 3. The largest absolute Gasteiger partial charge is 0.598 e. The van der Waals surface area contributed by atoms with Gasteiger partial charge in [-0.2, -0.15) is 18.3 Å². The highest BCUT2D eigenvalue weighted by atomic mass is 32.2. The molecule has 0 spiro atoms. The van der Waals surface area contributed by atoms with Crippen LogP contribution in [0.2, 0.25) is 0 Å². The van der Waals surface area contributed by atoms with E-state index in [1.165, 1.54) is 13.8 Å². The molecule has 0 aromatic heterocycles. The Balaban J connectivity index is 2.98. The van der Waals surface area contributed by atoms with Gasteiger partial charge >= 0.3 is 6.18 Å². The maximum Gasteiger partial charge on any atom is 0.394 e. The third-order valence-corrected chi connectivity index (χ3v) is 5.07. The molecule has 0 bridgehead atoms. The van der Waals surface area contributed by atoms with Gasteiger partial charge in [-0.05, 0) is 39.5 Å². The summed E-state index contributed by atoms with van der Waals surface area (Å²) < 4.78 is 50.4. The first-order chi connectivity index (χ1) is 8.54. The first kappa shape index (κ1) is 16.6. The summed E-state index contributed by atoms with van der Waals surface area (Å²) in [7, 11) is 0. The van der Waals surface area contributed by atoms with Gasteiger partial charge in [0.05, 0.1) is 11.1 Å². The van der Waals surface area contributed by atoms with Crippen LogP contribution in [0.4, 0.5) is 13.2 Å². The summed E-state index contributed by atoms with van der Waals surface area (Å²) in [5, 5.41) is 16.9. The van der Waals surface area contributed by atoms with Crippen LogP contribution in [0.3, 0.4) is 0 Å². The highest BCUT2D eigenvalue weighted by molar-refractivity contribution is 7.90. The number of nitrogens with two attached hydrogens (primary N) is 1. The molecule has 1 fully saturated rings. The van der Waals surface area contributed by atoms with Gasteiger partial charge in [0.1, 0.15) is 4.75 Å². The van der Waals surface area contributed by atoms with Crippen molar-refractivity contribution in [2.45, 2.75) is 56.9 Å². The molecule has 0 radical (unpaired) electrons. The molecule has 1 unspecified atom stereocenters. The first-order valence-corrected chi connectivity index (χ1v) is 7.18. The van der Waals surface area contributed by atoms with Crippen LogP contribution in [-0.4, -0.2) is 26.4 Å². The molecule has 1 aliphatic carbocycles. The summed E-state index contributed by atoms with van der Waals surface area (Å²) >= 11 is -1.83. The zero-order valence-electron chi connectivity index (χ0n) is 11.0. The molecule has 1 aliphatic rings. The van der Waals surface area contributed by atoms with Gasteiger partial charge in [-0.3, -0.25) is 0 Å². The highest BCUT2D eigenvalue weighted by Crippen LogP contribution is 2.53. The molecule has 1 rings (SSSR count). The van der Waals surface area contributed by atoms with Crippen LogP contribution < -0.4 is 5.14 Å². The van der Waals surface area contributed by atoms with E-state index in [-0.39, 0.29) is 32.1 Å². The average Bonchev–Trinajstić information content (AvgIpc) is 2.27. The van der Waals surface area contributed by atoms with E-state index < -0.39 is 27.7 Å². The van der Waals surface area contributed by atoms with Crippen LogP contribution in [0.1, 0.15) is 46.0 Å². The fourth-order valence-corrected chi connectivity index (χ4v) is 2.98. The summed E-state index contributed by atoms with van der Waals surface area (Å²) in [6.45, 7) is 2.96. The Bertz CT molecular complexity index is 346. The SMILES string of the molecule is CC(C)(CC1(C(F)(F)F)CCC(=NO)CC1)[S+](N)[O-]. The molecule has 0 aromatic carbocycles. The lowest BCUT2D eigenvalue weighted by Crippen LogP contribution is -2.50. The molecule has 0 aliphatic heterocycles. The maximum absolute atomic E-state index is 13.4. The van der Waals surface area contributed by atoms with Crippen molar-refractivity contribution in [2.75, 3.05) is 0 Å². The third kappa shape index (κ3) is 3.55. The molecular weight excluding hydrogens is 281 g/mol. The van der Waals surface area contributed by atoms with E-state index >= 15 is 0 Å². The number of hydrogen-bond donors (Lipinski definition) is 2. The lowest BCUT2D eigenvalue weighted by Gasteiger charge is -2.42. The van der Waals surface area contributed by atoms with Crippen LogP contribution >= 0.6 is 0 Å². The van der Waals surface area contributed by atoms with Crippen molar-refractivity contribution < 1.29 is 22.9 Å². The van der Waals surface area contributed by atoms with Crippen molar-refractivity contribution >= 4 is 17.1 Å². The molecule has 4 nitrogen and oxygen atoms in total. The van der Waals surface area contributed by atoms with Crippen LogP contribution in [-0.2, 0) is 11.4 Å². The lowest BCUT2D eigenvalue weighted by atomic mass is 9.68. The van der Waals surface area contributed by atoms with Crippen molar-refractivity contribution in [3.8, 4) is 0 Å². The van der Waals surface area contributed by atoms with Crippen molar-refractivity contribution in [1.29, 1.82) is 0 Å². The van der Waals surface area contributed by atoms with Crippen molar-refractivity contribution in [3.05, 3.63) is 0 Å². The number of oxime groups is 1. The highest BCUT2D eigenvalue weighted by Gasteiger charge is 2.58. The minimum absolute atomic E-state index is 0.100. The van der Waals surface area contributed by atoms with Gasteiger partial charge in [0.2, 0.25) is 0 Å². The van der Waals surface area contributed by atoms with Crippen LogP contribution in [0.5, 0.6) is 0 Å². The van der Waals surface area contributed by atoms with Crippen LogP contribution in [0.15, 0.2) is 5.16 Å². The van der Waals surface area contributed by atoms with Gasteiger partial charge in [-0.15, -0.1) is 0 Å². The molecule has 0 heterocycles. The summed E-state index contributed by atoms with van der Waals surface area (Å²) in [5.74, 6) is 0. The second kappa shape index (κ2) is 5.49. The fraction of sp³-hybridized carbons (Fsp3) is 0.909. The molecule has 0 amide bonds. The Hall–Kier alpha value is -0.470. The summed E-state index contributed by atoms with van der Waals surface area (Å²) in [5.41, 5.74) is -1.52. The Morgan fingerprint density at radius 3 is 2.16 bits per heavy atom. The Labute approximate surface area is 113 Å². The predicted molar refractivity (Wildman–Crippen MR) is 67.2 cm³/mol. The van der Waals surface area contributed by atoms with Gasteiger partial charge in [0, 0.05) is 17.8 Å². The second-order valence-electron chi connectivity index (χ2n) is 5.68. The van der Waals surface area contributed by atoms with Gasteiger partial charge in [0.25, 0.3) is 0 Å². The molecule has 3 N–H and O–H groups in total. The number of hydrogen-bond acceptors (Lipinski definition) is 4. The van der Waals surface area contributed by atoms with Crippen LogP contribution in [0.25, 0.3) is 0 Å². The molecule has 0 saturated heterocycles. The molecule has 8 heteroatoms. The van der Waals surface area contributed by atoms with Crippen molar-refractivity contribution in [1.82, 2.24) is 0 Å². The summed E-state index contributed by atoms with van der Waals surface area (Å²) in [6, 6.07) is 0. The van der Waals surface area contributed by atoms with Crippen molar-refractivity contribution in [2.24, 2.45) is 15.7 Å². The van der Waals surface area contributed by atoms with Gasteiger partial charge in [0.15, 0.2) is 0 Å². The normalized spacial score (nSPS) is 27.2. The predicted octanol–water partition coefficient (Wildman–Crippen LogP) is 2.73. The molecule has 1 atom stereocenters. The van der Waals surface area contributed by atoms with Crippen molar-refractivity contribution in [3.63, 3.8) is 0 Å². The molecular formula is C11H19F3N2O2S. The van der Waals surface area contributed by atoms with E-state index in [4.69, 9.17) is 10.3 Å². The first-order valence-electron chi connectivity index (χ1n) is 5.97. The van der Waals surface area contributed by atoms with Gasteiger partial charge in [-0.1, -0.05) is 5.16 Å². The minimum Gasteiger partial charge on any atom is -0.598 e. The molecule has 19 heavy (non-hydrogen) atoms. The fourth-order valence-electron chi connectivity index (χ4n) is 2.56. The van der Waals surface area contributed by atoms with E-state index in [0.717, 1.165) is 0 Å². The zero-order valence-corrected chi connectivity index (χ0v) is 11.8. The smallest absolute Gasteiger partial charge is 0.394 e.